The summed E-state index contributed by atoms with van der Waals surface area (Å²) in [4.78, 5) is 30.5. The van der Waals surface area contributed by atoms with Gasteiger partial charge in [-0.05, 0) is 24.3 Å². The van der Waals surface area contributed by atoms with Gasteiger partial charge >= 0.3 is 0 Å². The Hall–Kier alpha value is -2.93. The van der Waals surface area contributed by atoms with Gasteiger partial charge in [-0.25, -0.2) is 8.78 Å². The van der Waals surface area contributed by atoms with E-state index in [9.17, 15) is 18.4 Å². The molecule has 0 aliphatic carbocycles. The highest BCUT2D eigenvalue weighted by atomic mass is 32.2. The maximum Gasteiger partial charge on any atom is 0.252 e. The molecule has 0 radical (unpaired) electrons. The molecule has 1 aliphatic heterocycles. The van der Waals surface area contributed by atoms with Crippen molar-refractivity contribution in [3.8, 4) is 11.8 Å². The van der Waals surface area contributed by atoms with Crippen LogP contribution in [-0.4, -0.2) is 65.4 Å². The van der Waals surface area contributed by atoms with Crippen molar-refractivity contribution in [1.82, 2.24) is 15.2 Å². The zero-order valence-electron chi connectivity index (χ0n) is 15.3. The molecule has 10 heteroatoms. The SMILES string of the molecule is N#CC1CSCN1C(=O)CNC(=O)c1ccnc2ccc(OC(CF)CF)cc12. The maximum atomic E-state index is 12.7. The van der Waals surface area contributed by atoms with Crippen molar-refractivity contribution < 1.29 is 23.1 Å². The van der Waals surface area contributed by atoms with Crippen LogP contribution in [0.1, 0.15) is 10.4 Å². The molecular weight excluding hydrogens is 402 g/mol. The van der Waals surface area contributed by atoms with Crippen molar-refractivity contribution in [2.75, 3.05) is 31.5 Å². The van der Waals surface area contributed by atoms with Gasteiger partial charge in [0.05, 0.1) is 29.6 Å². The van der Waals surface area contributed by atoms with Crippen LogP contribution in [0.2, 0.25) is 0 Å². The standard InChI is InChI=1S/C19H18F2N4O3S/c20-6-14(7-21)28-13-1-2-17-16(5-13)15(3-4-23-17)19(27)24-9-18(26)25-11-29-10-12(25)8-22/h1-5,12,14H,6-7,9-11H2,(H,24,27). The average Bonchev–Trinajstić information content (AvgIpc) is 3.24. The van der Waals surface area contributed by atoms with Crippen molar-refractivity contribution in [3.63, 3.8) is 0 Å². The van der Waals surface area contributed by atoms with E-state index in [4.69, 9.17) is 10.00 Å². The summed E-state index contributed by atoms with van der Waals surface area (Å²) in [6.07, 6.45) is 0.236. The van der Waals surface area contributed by atoms with E-state index in [1.165, 1.54) is 41.1 Å². The predicted molar refractivity (Wildman–Crippen MR) is 104 cm³/mol. The van der Waals surface area contributed by atoms with Gasteiger partial charge in [-0.1, -0.05) is 0 Å². The molecule has 1 aromatic carbocycles. The van der Waals surface area contributed by atoms with Gasteiger partial charge in [-0.3, -0.25) is 14.6 Å². The first-order chi connectivity index (χ1) is 14.1. The highest BCUT2D eigenvalue weighted by Gasteiger charge is 2.29. The van der Waals surface area contributed by atoms with Crippen LogP contribution in [0.3, 0.4) is 0 Å². The fourth-order valence-electron chi connectivity index (χ4n) is 2.84. The lowest BCUT2D eigenvalue weighted by Gasteiger charge is -2.18. The van der Waals surface area contributed by atoms with Gasteiger partial charge in [0.2, 0.25) is 5.91 Å². The molecule has 3 rings (SSSR count). The molecule has 1 aliphatic rings. The molecule has 1 saturated heterocycles. The monoisotopic (exact) mass is 420 g/mol. The number of carbonyl (C=O) groups is 2. The lowest BCUT2D eigenvalue weighted by molar-refractivity contribution is -0.129. The number of nitrogens with one attached hydrogen (secondary N) is 1. The van der Waals surface area contributed by atoms with E-state index in [1.54, 1.807) is 6.07 Å². The molecule has 0 saturated carbocycles. The topological polar surface area (TPSA) is 95.3 Å². The summed E-state index contributed by atoms with van der Waals surface area (Å²) in [6.45, 7) is -2.20. The highest BCUT2D eigenvalue weighted by molar-refractivity contribution is 7.99. The van der Waals surface area contributed by atoms with Gasteiger partial charge in [0.15, 0.2) is 6.10 Å². The number of fused-ring (bicyclic) bond motifs is 1. The van der Waals surface area contributed by atoms with Gasteiger partial charge < -0.3 is 15.0 Å². The molecule has 2 amide bonds. The van der Waals surface area contributed by atoms with Crippen LogP contribution in [0.15, 0.2) is 30.5 Å². The molecule has 1 unspecified atom stereocenters. The summed E-state index contributed by atoms with van der Waals surface area (Å²) in [5.41, 5.74) is 0.742. The minimum Gasteiger partial charge on any atom is -0.485 e. The first-order valence-electron chi connectivity index (χ1n) is 8.79. The van der Waals surface area contributed by atoms with E-state index >= 15 is 0 Å². The maximum absolute atomic E-state index is 12.7. The number of amides is 2. The summed E-state index contributed by atoms with van der Waals surface area (Å²) in [5.74, 6) is 0.326. The van der Waals surface area contributed by atoms with Gasteiger partial charge in [0, 0.05) is 17.3 Å². The van der Waals surface area contributed by atoms with Crippen LogP contribution in [0.5, 0.6) is 5.75 Å². The summed E-state index contributed by atoms with van der Waals surface area (Å²) < 4.78 is 30.7. The number of aromatic nitrogens is 1. The molecule has 152 valence electrons. The number of ether oxygens (including phenoxy) is 1. The van der Waals surface area contributed by atoms with Crippen molar-refractivity contribution in [2.24, 2.45) is 0 Å². The lowest BCUT2D eigenvalue weighted by atomic mass is 10.1. The number of alkyl halides is 2. The molecule has 1 aromatic heterocycles. The number of halogens is 2. The van der Waals surface area contributed by atoms with Crippen LogP contribution in [0.25, 0.3) is 10.9 Å². The van der Waals surface area contributed by atoms with Crippen molar-refractivity contribution in [1.29, 1.82) is 5.26 Å². The molecular formula is C19H18F2N4O3S. The number of carbonyl (C=O) groups excluding carboxylic acids is 2. The van der Waals surface area contributed by atoms with E-state index in [2.05, 4.69) is 16.4 Å². The summed E-state index contributed by atoms with van der Waals surface area (Å²) >= 11 is 1.48. The number of pyridine rings is 1. The number of nitrogens with zero attached hydrogens (tertiary/aromatic N) is 3. The number of hydrogen-bond donors (Lipinski definition) is 1. The smallest absolute Gasteiger partial charge is 0.252 e. The van der Waals surface area contributed by atoms with E-state index < -0.39 is 31.4 Å². The number of benzene rings is 1. The Morgan fingerprint density at radius 3 is 2.90 bits per heavy atom. The largest absolute Gasteiger partial charge is 0.485 e. The average molecular weight is 420 g/mol. The molecule has 1 atom stereocenters. The third kappa shape index (κ3) is 4.74. The molecule has 1 N–H and O–H groups in total. The van der Waals surface area contributed by atoms with Crippen molar-refractivity contribution in [2.45, 2.75) is 12.1 Å². The Bertz CT molecular complexity index is 949. The second-order valence-corrected chi connectivity index (χ2v) is 7.28. The second kappa shape index (κ2) is 9.52. The van der Waals surface area contributed by atoms with E-state index in [0.717, 1.165) is 0 Å². The molecule has 1 fully saturated rings. The minimum absolute atomic E-state index is 0.210. The van der Waals surface area contributed by atoms with Gasteiger partial charge in [-0.2, -0.15) is 5.26 Å². The van der Waals surface area contributed by atoms with Crippen LogP contribution in [0, 0.1) is 11.3 Å². The number of thioether (sulfide) groups is 1. The first-order valence-corrected chi connectivity index (χ1v) is 9.95. The molecule has 29 heavy (non-hydrogen) atoms. The Labute approximate surface area is 170 Å². The quantitative estimate of drug-likeness (QED) is 0.737. The first kappa shape index (κ1) is 20.8. The predicted octanol–water partition coefficient (Wildman–Crippen LogP) is 2.08. The van der Waals surface area contributed by atoms with Crippen LogP contribution < -0.4 is 10.1 Å². The zero-order chi connectivity index (χ0) is 20.8. The van der Waals surface area contributed by atoms with Gasteiger partial charge in [-0.15, -0.1) is 11.8 Å². The van der Waals surface area contributed by atoms with Crippen LogP contribution in [0.4, 0.5) is 8.78 Å². The van der Waals surface area contributed by atoms with E-state index in [1.807, 2.05) is 0 Å². The summed E-state index contributed by atoms with van der Waals surface area (Å²) in [6, 6.07) is 7.64. The number of rotatable bonds is 7. The molecule has 0 bridgehead atoms. The van der Waals surface area contributed by atoms with Gasteiger partial charge in [0.1, 0.15) is 25.1 Å². The minimum atomic E-state index is -1.22. The Balaban J connectivity index is 1.75. The van der Waals surface area contributed by atoms with Crippen LogP contribution in [-0.2, 0) is 4.79 Å². The highest BCUT2D eigenvalue weighted by Crippen LogP contribution is 2.24. The van der Waals surface area contributed by atoms with Crippen LogP contribution >= 0.6 is 11.8 Å². The number of hydrogen-bond acceptors (Lipinski definition) is 6. The Morgan fingerprint density at radius 1 is 1.38 bits per heavy atom. The Morgan fingerprint density at radius 2 is 2.17 bits per heavy atom. The normalized spacial score (nSPS) is 16.1. The third-order valence-corrected chi connectivity index (χ3v) is 5.37. The third-order valence-electron chi connectivity index (χ3n) is 4.36. The number of nitriles is 1. The van der Waals surface area contributed by atoms with E-state index in [-0.39, 0.29) is 23.8 Å². The molecule has 0 spiro atoms. The fraction of sp³-hybridized carbons (Fsp3) is 0.368. The van der Waals surface area contributed by atoms with Crippen molar-refractivity contribution >= 4 is 34.5 Å². The summed E-state index contributed by atoms with van der Waals surface area (Å²) in [5, 5.41) is 12.1. The second-order valence-electron chi connectivity index (χ2n) is 6.28. The molecule has 7 nitrogen and oxygen atoms in total. The lowest BCUT2D eigenvalue weighted by Crippen LogP contribution is -2.42. The fourth-order valence-corrected chi connectivity index (χ4v) is 3.95. The zero-order valence-corrected chi connectivity index (χ0v) is 16.1. The molecule has 2 aromatic rings. The summed E-state index contributed by atoms with van der Waals surface area (Å²) in [7, 11) is 0. The van der Waals surface area contributed by atoms with Gasteiger partial charge in [0.25, 0.3) is 5.91 Å². The van der Waals surface area contributed by atoms with Crippen molar-refractivity contribution in [3.05, 3.63) is 36.0 Å². The Kier molecular flexibility index (Phi) is 6.82. The molecule has 2 heterocycles. The van der Waals surface area contributed by atoms with E-state index in [0.29, 0.717) is 22.5 Å².